The predicted octanol–water partition coefficient (Wildman–Crippen LogP) is 3.49. The number of nitrogens with two attached hydrogens (primary N) is 1. The molecule has 2 aromatic carbocycles. The Kier molecular flexibility index (Phi) is 3.21. The van der Waals surface area contributed by atoms with Gasteiger partial charge in [-0.25, -0.2) is 9.97 Å². The van der Waals surface area contributed by atoms with Gasteiger partial charge in [0.15, 0.2) is 5.65 Å². The highest BCUT2D eigenvalue weighted by Crippen LogP contribution is 2.30. The molecule has 2 heterocycles. The first kappa shape index (κ1) is 14.9. The topological polar surface area (TPSA) is 73.8 Å². The van der Waals surface area contributed by atoms with Crippen LogP contribution in [0.2, 0.25) is 5.02 Å². The fourth-order valence-electron chi connectivity index (χ4n) is 3.03. The van der Waals surface area contributed by atoms with E-state index in [4.69, 9.17) is 27.3 Å². The second-order valence-corrected chi connectivity index (χ2v) is 6.47. The SMILES string of the molecule is Cc1cc2nc3c4cc(Cl)ccc4n(CC(N)=O)c3nc2cc1C. The van der Waals surface area contributed by atoms with Crippen LogP contribution in [0.25, 0.3) is 33.1 Å². The van der Waals surface area contributed by atoms with Gasteiger partial charge in [-0.3, -0.25) is 4.79 Å². The minimum Gasteiger partial charge on any atom is -0.368 e. The summed E-state index contributed by atoms with van der Waals surface area (Å²) in [6.07, 6.45) is 0. The average molecular weight is 339 g/mol. The zero-order chi connectivity index (χ0) is 17.0. The molecule has 0 fully saturated rings. The molecule has 0 bridgehead atoms. The van der Waals surface area contributed by atoms with Gasteiger partial charge in [-0.05, 0) is 55.3 Å². The molecule has 2 N–H and O–H groups in total. The second-order valence-electron chi connectivity index (χ2n) is 6.03. The zero-order valence-electron chi connectivity index (χ0n) is 13.3. The Morgan fingerprint density at radius 1 is 1.12 bits per heavy atom. The quantitative estimate of drug-likeness (QED) is 0.608. The summed E-state index contributed by atoms with van der Waals surface area (Å²) in [6.45, 7) is 4.14. The number of rotatable bonds is 2. The molecule has 0 saturated heterocycles. The lowest BCUT2D eigenvalue weighted by Crippen LogP contribution is -2.18. The summed E-state index contributed by atoms with van der Waals surface area (Å²) in [5.41, 5.74) is 11.6. The number of halogens is 1. The number of benzene rings is 2. The monoisotopic (exact) mass is 338 g/mol. The smallest absolute Gasteiger partial charge is 0.237 e. The number of amides is 1. The molecule has 120 valence electrons. The van der Waals surface area contributed by atoms with Crippen molar-refractivity contribution in [3.05, 3.63) is 46.5 Å². The molecule has 0 aliphatic rings. The van der Waals surface area contributed by atoms with E-state index in [0.29, 0.717) is 10.7 Å². The number of carbonyl (C=O) groups excluding carboxylic acids is 1. The molecular weight excluding hydrogens is 324 g/mol. The van der Waals surface area contributed by atoms with Gasteiger partial charge in [-0.15, -0.1) is 0 Å². The number of fused-ring (bicyclic) bond motifs is 4. The van der Waals surface area contributed by atoms with Crippen LogP contribution in [0.15, 0.2) is 30.3 Å². The van der Waals surface area contributed by atoms with E-state index in [-0.39, 0.29) is 6.54 Å². The average Bonchev–Trinajstić information content (AvgIpc) is 2.79. The van der Waals surface area contributed by atoms with Crippen LogP contribution in [-0.2, 0) is 11.3 Å². The molecule has 2 aromatic heterocycles. The molecular formula is C18H15ClN4O. The van der Waals surface area contributed by atoms with Crippen molar-refractivity contribution in [3.63, 3.8) is 0 Å². The molecule has 6 heteroatoms. The van der Waals surface area contributed by atoms with E-state index in [9.17, 15) is 4.79 Å². The number of carbonyl (C=O) groups is 1. The third-order valence-electron chi connectivity index (χ3n) is 4.34. The summed E-state index contributed by atoms with van der Waals surface area (Å²) in [7, 11) is 0. The van der Waals surface area contributed by atoms with Gasteiger partial charge in [0.1, 0.15) is 12.1 Å². The number of nitrogens with zero attached hydrogens (tertiary/aromatic N) is 3. The Morgan fingerprint density at radius 2 is 1.79 bits per heavy atom. The maximum atomic E-state index is 11.5. The molecule has 5 nitrogen and oxygen atoms in total. The first-order chi connectivity index (χ1) is 11.4. The lowest BCUT2D eigenvalue weighted by atomic mass is 10.1. The van der Waals surface area contributed by atoms with Crippen LogP contribution in [0.1, 0.15) is 11.1 Å². The van der Waals surface area contributed by atoms with Gasteiger partial charge in [0.05, 0.1) is 16.6 Å². The van der Waals surface area contributed by atoms with Crippen molar-refractivity contribution in [1.82, 2.24) is 14.5 Å². The van der Waals surface area contributed by atoms with Crippen molar-refractivity contribution < 1.29 is 4.79 Å². The fraction of sp³-hybridized carbons (Fsp3) is 0.167. The van der Waals surface area contributed by atoms with Crippen molar-refractivity contribution in [2.24, 2.45) is 5.73 Å². The Hall–Kier alpha value is -2.66. The van der Waals surface area contributed by atoms with E-state index in [2.05, 4.69) is 0 Å². The van der Waals surface area contributed by atoms with Crippen LogP contribution in [-0.4, -0.2) is 20.4 Å². The predicted molar refractivity (Wildman–Crippen MR) is 96.2 cm³/mol. The molecule has 0 atom stereocenters. The molecule has 1 amide bonds. The van der Waals surface area contributed by atoms with Crippen molar-refractivity contribution in [2.75, 3.05) is 0 Å². The normalized spacial score (nSPS) is 11.6. The van der Waals surface area contributed by atoms with Crippen LogP contribution in [0.4, 0.5) is 0 Å². The van der Waals surface area contributed by atoms with E-state index in [1.807, 2.05) is 38.1 Å². The molecule has 0 saturated carbocycles. The minimum absolute atomic E-state index is 0.0483. The van der Waals surface area contributed by atoms with Gasteiger partial charge in [-0.2, -0.15) is 0 Å². The first-order valence-corrected chi connectivity index (χ1v) is 7.96. The summed E-state index contributed by atoms with van der Waals surface area (Å²) < 4.78 is 1.80. The maximum absolute atomic E-state index is 11.5. The van der Waals surface area contributed by atoms with E-state index in [1.54, 1.807) is 10.6 Å². The third-order valence-corrected chi connectivity index (χ3v) is 4.57. The standard InChI is InChI=1S/C18H15ClN4O/c1-9-5-13-14(6-10(9)2)22-18-17(21-13)12-7-11(19)3-4-15(12)23(18)8-16(20)24/h3-7H,8H2,1-2H3,(H2,20,24). The maximum Gasteiger partial charge on any atom is 0.237 e. The summed E-state index contributed by atoms with van der Waals surface area (Å²) in [5, 5.41) is 1.48. The van der Waals surface area contributed by atoms with Crippen molar-refractivity contribution in [1.29, 1.82) is 0 Å². The van der Waals surface area contributed by atoms with Gasteiger partial charge in [0.2, 0.25) is 5.91 Å². The van der Waals surface area contributed by atoms with Crippen LogP contribution in [0.3, 0.4) is 0 Å². The largest absolute Gasteiger partial charge is 0.368 e. The Labute approximate surface area is 143 Å². The Morgan fingerprint density at radius 3 is 2.46 bits per heavy atom. The number of hydrogen-bond acceptors (Lipinski definition) is 3. The highest BCUT2D eigenvalue weighted by molar-refractivity contribution is 6.31. The van der Waals surface area contributed by atoms with E-state index < -0.39 is 5.91 Å². The minimum atomic E-state index is -0.425. The molecule has 4 rings (SSSR count). The Bertz CT molecular complexity index is 1150. The molecule has 4 aromatic rings. The summed E-state index contributed by atoms with van der Waals surface area (Å²) in [4.78, 5) is 21.0. The first-order valence-electron chi connectivity index (χ1n) is 7.59. The summed E-state index contributed by atoms with van der Waals surface area (Å²) in [6, 6.07) is 9.53. The van der Waals surface area contributed by atoms with E-state index in [0.717, 1.165) is 38.6 Å². The van der Waals surface area contributed by atoms with Crippen molar-refractivity contribution in [3.8, 4) is 0 Å². The van der Waals surface area contributed by atoms with E-state index >= 15 is 0 Å². The number of hydrogen-bond donors (Lipinski definition) is 1. The summed E-state index contributed by atoms with van der Waals surface area (Å²) >= 11 is 6.15. The lowest BCUT2D eigenvalue weighted by Gasteiger charge is -2.05. The molecule has 0 aliphatic carbocycles. The van der Waals surface area contributed by atoms with Crippen molar-refractivity contribution >= 4 is 50.6 Å². The lowest BCUT2D eigenvalue weighted by molar-refractivity contribution is -0.118. The third kappa shape index (κ3) is 2.20. The van der Waals surface area contributed by atoms with Crippen LogP contribution >= 0.6 is 11.6 Å². The molecule has 24 heavy (non-hydrogen) atoms. The zero-order valence-corrected chi connectivity index (χ0v) is 14.1. The fourth-order valence-corrected chi connectivity index (χ4v) is 3.21. The van der Waals surface area contributed by atoms with Crippen LogP contribution in [0.5, 0.6) is 0 Å². The van der Waals surface area contributed by atoms with Gasteiger partial charge in [0.25, 0.3) is 0 Å². The number of aromatic nitrogens is 3. The van der Waals surface area contributed by atoms with Gasteiger partial charge < -0.3 is 10.3 Å². The molecule has 0 aliphatic heterocycles. The van der Waals surface area contributed by atoms with E-state index in [1.165, 1.54) is 0 Å². The van der Waals surface area contributed by atoms with Gasteiger partial charge in [0, 0.05) is 10.4 Å². The molecule has 0 unspecified atom stereocenters. The van der Waals surface area contributed by atoms with Crippen LogP contribution < -0.4 is 5.73 Å². The molecule has 0 radical (unpaired) electrons. The Balaban J connectivity index is 2.19. The van der Waals surface area contributed by atoms with Crippen molar-refractivity contribution in [2.45, 2.75) is 20.4 Å². The highest BCUT2D eigenvalue weighted by Gasteiger charge is 2.16. The number of aryl methyl sites for hydroxylation is 2. The van der Waals surface area contributed by atoms with Gasteiger partial charge >= 0.3 is 0 Å². The highest BCUT2D eigenvalue weighted by atomic mass is 35.5. The summed E-state index contributed by atoms with van der Waals surface area (Å²) in [5.74, 6) is -0.425. The molecule has 0 spiro atoms. The van der Waals surface area contributed by atoms with Crippen LogP contribution in [0, 0.1) is 13.8 Å². The van der Waals surface area contributed by atoms with Gasteiger partial charge in [-0.1, -0.05) is 11.6 Å². The second kappa shape index (κ2) is 5.18. The number of primary amides is 1.